The van der Waals surface area contributed by atoms with Gasteiger partial charge in [0, 0.05) is 36.5 Å². The van der Waals surface area contributed by atoms with Gasteiger partial charge in [-0.2, -0.15) is 0 Å². The van der Waals surface area contributed by atoms with Crippen molar-refractivity contribution in [3.63, 3.8) is 0 Å². The topological polar surface area (TPSA) is 70.2 Å². The third-order valence-electron chi connectivity index (χ3n) is 3.29. The quantitative estimate of drug-likeness (QED) is 0.724. The van der Waals surface area contributed by atoms with Crippen molar-refractivity contribution < 1.29 is 9.59 Å². The second kappa shape index (κ2) is 6.34. The van der Waals surface area contributed by atoms with Crippen LogP contribution in [0.2, 0.25) is 0 Å². The summed E-state index contributed by atoms with van der Waals surface area (Å²) in [5.74, 6) is -0.198. The van der Waals surface area contributed by atoms with Crippen molar-refractivity contribution in [2.24, 2.45) is 0 Å². The molecule has 1 heterocycles. The Morgan fingerprint density at radius 2 is 1.85 bits per heavy atom. The van der Waals surface area contributed by atoms with Crippen molar-refractivity contribution in [3.05, 3.63) is 41.0 Å². The molecule has 1 aliphatic heterocycles. The van der Waals surface area contributed by atoms with Gasteiger partial charge in [-0.25, -0.2) is 0 Å². The average Bonchev–Trinajstić information content (AvgIpc) is 2.37. The van der Waals surface area contributed by atoms with E-state index in [1.54, 1.807) is 24.3 Å². The summed E-state index contributed by atoms with van der Waals surface area (Å²) in [6, 6.07) is 6.88. The predicted octanol–water partition coefficient (Wildman–Crippen LogP) is 1.29. The Morgan fingerprint density at radius 3 is 2.35 bits per heavy atom. The molecular weight excluding hydrogens is 254 g/mol. The fourth-order valence-electron chi connectivity index (χ4n) is 1.87. The molecule has 1 fully saturated rings. The van der Waals surface area contributed by atoms with Gasteiger partial charge in [-0.3, -0.25) is 9.59 Å². The fourth-order valence-corrected chi connectivity index (χ4v) is 1.87. The van der Waals surface area contributed by atoms with Crippen LogP contribution in [-0.2, 0) is 4.79 Å². The van der Waals surface area contributed by atoms with Crippen LogP contribution in [0.1, 0.15) is 24.2 Å². The molecule has 5 nitrogen and oxygen atoms in total. The summed E-state index contributed by atoms with van der Waals surface area (Å²) >= 11 is 0. The van der Waals surface area contributed by atoms with Crippen LogP contribution >= 0.6 is 0 Å². The lowest BCUT2D eigenvalue weighted by Crippen LogP contribution is -2.36. The lowest BCUT2D eigenvalue weighted by atomic mass is 10.0. The lowest BCUT2D eigenvalue weighted by molar-refractivity contribution is -0.112. The van der Waals surface area contributed by atoms with Crippen molar-refractivity contribution in [1.82, 2.24) is 10.6 Å². The van der Waals surface area contributed by atoms with Gasteiger partial charge in [-0.05, 0) is 43.7 Å². The number of carbonyl (C=O) groups is 2. The van der Waals surface area contributed by atoms with Crippen LogP contribution in [0.15, 0.2) is 35.4 Å². The second-order valence-electron chi connectivity index (χ2n) is 4.72. The van der Waals surface area contributed by atoms with Crippen LogP contribution in [-0.4, -0.2) is 31.4 Å². The molecule has 106 valence electrons. The van der Waals surface area contributed by atoms with Gasteiger partial charge in [0.2, 0.25) is 0 Å². The molecule has 1 aliphatic rings. The molecule has 1 aromatic carbocycles. The Labute approximate surface area is 118 Å². The van der Waals surface area contributed by atoms with Gasteiger partial charge in [0.25, 0.3) is 11.8 Å². The first-order valence-electron chi connectivity index (χ1n) is 6.70. The van der Waals surface area contributed by atoms with Gasteiger partial charge >= 0.3 is 0 Å². The number of rotatable bonds is 4. The standard InChI is InChI=1S/C15H19N3O2/c1-3-17-15(20)11-4-6-13(7-5-11)18-14(19)10(2)12-8-16-9-12/h4-7,16H,3,8-9H2,1-2H3,(H,17,20)(H,18,19). The average molecular weight is 273 g/mol. The second-order valence-corrected chi connectivity index (χ2v) is 4.72. The zero-order valence-corrected chi connectivity index (χ0v) is 11.7. The van der Waals surface area contributed by atoms with E-state index in [9.17, 15) is 9.59 Å². The van der Waals surface area contributed by atoms with Crippen molar-refractivity contribution in [2.45, 2.75) is 13.8 Å². The summed E-state index contributed by atoms with van der Waals surface area (Å²) in [4.78, 5) is 23.6. The smallest absolute Gasteiger partial charge is 0.251 e. The first-order chi connectivity index (χ1) is 9.61. The molecule has 3 N–H and O–H groups in total. The number of carbonyl (C=O) groups excluding carboxylic acids is 2. The van der Waals surface area contributed by atoms with E-state index in [0.717, 1.165) is 24.2 Å². The molecule has 0 aliphatic carbocycles. The zero-order valence-electron chi connectivity index (χ0n) is 11.7. The first kappa shape index (κ1) is 14.3. The van der Waals surface area contributed by atoms with E-state index in [-0.39, 0.29) is 11.8 Å². The number of hydrogen-bond acceptors (Lipinski definition) is 3. The Balaban J connectivity index is 2.00. The van der Waals surface area contributed by atoms with E-state index in [2.05, 4.69) is 16.0 Å². The van der Waals surface area contributed by atoms with E-state index in [1.807, 2.05) is 13.8 Å². The molecule has 1 aromatic rings. The summed E-state index contributed by atoms with van der Waals surface area (Å²) in [6.45, 7) is 5.87. The van der Waals surface area contributed by atoms with E-state index in [1.165, 1.54) is 0 Å². The van der Waals surface area contributed by atoms with Crippen LogP contribution in [0.3, 0.4) is 0 Å². The minimum absolute atomic E-state index is 0.0905. The van der Waals surface area contributed by atoms with E-state index in [4.69, 9.17) is 0 Å². The molecule has 0 saturated carbocycles. The summed E-state index contributed by atoms with van der Waals surface area (Å²) in [7, 11) is 0. The van der Waals surface area contributed by atoms with Gasteiger partial charge < -0.3 is 16.0 Å². The first-order valence-corrected chi connectivity index (χ1v) is 6.70. The minimum atomic E-state index is -0.107. The Kier molecular flexibility index (Phi) is 4.53. The van der Waals surface area contributed by atoms with Gasteiger partial charge in [0.05, 0.1) is 0 Å². The minimum Gasteiger partial charge on any atom is -0.352 e. The molecule has 0 atom stereocenters. The summed E-state index contributed by atoms with van der Waals surface area (Å²) in [5.41, 5.74) is 3.18. The molecule has 2 amide bonds. The van der Waals surface area contributed by atoms with Crippen LogP contribution in [0.4, 0.5) is 5.69 Å². The SMILES string of the molecule is CCNC(=O)c1ccc(NC(=O)C(C)=C2CNC2)cc1. The molecule has 1 saturated heterocycles. The zero-order chi connectivity index (χ0) is 14.5. The van der Waals surface area contributed by atoms with Crippen molar-refractivity contribution in [2.75, 3.05) is 25.0 Å². The Morgan fingerprint density at radius 1 is 1.20 bits per heavy atom. The van der Waals surface area contributed by atoms with Crippen LogP contribution < -0.4 is 16.0 Å². The van der Waals surface area contributed by atoms with Crippen LogP contribution in [0.5, 0.6) is 0 Å². The maximum atomic E-state index is 12.0. The maximum absolute atomic E-state index is 12.0. The highest BCUT2D eigenvalue weighted by atomic mass is 16.2. The van der Waals surface area contributed by atoms with Gasteiger partial charge in [0.1, 0.15) is 0 Å². The number of hydrogen-bond donors (Lipinski definition) is 3. The molecule has 20 heavy (non-hydrogen) atoms. The summed E-state index contributed by atoms with van der Waals surface area (Å²) < 4.78 is 0. The van der Waals surface area contributed by atoms with E-state index >= 15 is 0 Å². The van der Waals surface area contributed by atoms with Gasteiger partial charge in [-0.1, -0.05) is 0 Å². The Hall–Kier alpha value is -2.14. The number of benzene rings is 1. The molecule has 0 aromatic heterocycles. The largest absolute Gasteiger partial charge is 0.352 e. The highest BCUT2D eigenvalue weighted by Crippen LogP contribution is 2.14. The lowest BCUT2D eigenvalue weighted by Gasteiger charge is -2.21. The molecule has 0 bridgehead atoms. The number of anilines is 1. The Bertz CT molecular complexity index is 541. The van der Waals surface area contributed by atoms with Crippen LogP contribution in [0.25, 0.3) is 0 Å². The van der Waals surface area contributed by atoms with Crippen LogP contribution in [0, 0.1) is 0 Å². The summed E-state index contributed by atoms with van der Waals surface area (Å²) in [6.07, 6.45) is 0. The van der Waals surface area contributed by atoms with Gasteiger partial charge in [0.15, 0.2) is 0 Å². The number of nitrogens with one attached hydrogen (secondary N) is 3. The van der Waals surface area contributed by atoms with Crippen molar-refractivity contribution in [1.29, 1.82) is 0 Å². The third kappa shape index (κ3) is 3.24. The molecule has 0 spiro atoms. The number of amides is 2. The molecular formula is C15H19N3O2. The summed E-state index contributed by atoms with van der Waals surface area (Å²) in [5, 5.41) is 8.67. The predicted molar refractivity (Wildman–Crippen MR) is 78.6 cm³/mol. The molecule has 0 radical (unpaired) electrons. The third-order valence-corrected chi connectivity index (χ3v) is 3.29. The fraction of sp³-hybridized carbons (Fsp3) is 0.333. The van der Waals surface area contributed by atoms with Crippen molar-refractivity contribution in [3.8, 4) is 0 Å². The maximum Gasteiger partial charge on any atom is 0.251 e. The highest BCUT2D eigenvalue weighted by molar-refractivity contribution is 6.04. The van der Waals surface area contributed by atoms with Gasteiger partial charge in [-0.15, -0.1) is 0 Å². The van der Waals surface area contributed by atoms with E-state index < -0.39 is 0 Å². The van der Waals surface area contributed by atoms with Crippen molar-refractivity contribution >= 4 is 17.5 Å². The normalized spacial score (nSPS) is 13.4. The highest BCUT2D eigenvalue weighted by Gasteiger charge is 2.16. The monoisotopic (exact) mass is 273 g/mol. The molecule has 5 heteroatoms. The molecule has 2 rings (SSSR count). The molecule has 0 unspecified atom stereocenters. The van der Waals surface area contributed by atoms with E-state index in [0.29, 0.717) is 17.8 Å².